The highest BCUT2D eigenvalue weighted by Crippen LogP contribution is 2.15. The highest BCUT2D eigenvalue weighted by atomic mass is 32.2. The van der Waals surface area contributed by atoms with Gasteiger partial charge in [0.25, 0.3) is 5.22 Å². The quantitative estimate of drug-likeness (QED) is 0.485. The minimum atomic E-state index is -0.493. The molecule has 0 bridgehead atoms. The van der Waals surface area contributed by atoms with Crippen LogP contribution in [0.15, 0.2) is 9.64 Å². The van der Waals surface area contributed by atoms with Crippen molar-refractivity contribution in [1.29, 1.82) is 0 Å². The van der Waals surface area contributed by atoms with Crippen molar-refractivity contribution in [2.45, 2.75) is 31.5 Å². The second kappa shape index (κ2) is 8.48. The molecule has 1 heterocycles. The molecule has 0 radical (unpaired) electrons. The lowest BCUT2D eigenvalue weighted by molar-refractivity contribution is -0.117. The zero-order valence-corrected chi connectivity index (χ0v) is 11.5. The van der Waals surface area contributed by atoms with Crippen LogP contribution in [0.25, 0.3) is 0 Å². The van der Waals surface area contributed by atoms with Crippen LogP contribution in [0.3, 0.4) is 0 Å². The Hall–Kier alpha value is -1.61. The predicted octanol–water partition coefficient (Wildman–Crippen LogP) is 0.246. The van der Waals surface area contributed by atoms with Gasteiger partial charge in [0.15, 0.2) is 0 Å². The second-order valence-electron chi connectivity index (χ2n) is 3.61. The van der Waals surface area contributed by atoms with E-state index in [-0.39, 0.29) is 17.5 Å². The van der Waals surface area contributed by atoms with Gasteiger partial charge in [-0.25, -0.2) is 4.79 Å². The normalized spacial score (nSPS) is 10.2. The van der Waals surface area contributed by atoms with Crippen molar-refractivity contribution in [2.24, 2.45) is 5.73 Å². The zero-order valence-electron chi connectivity index (χ0n) is 10.6. The van der Waals surface area contributed by atoms with Crippen LogP contribution in [0.4, 0.5) is 4.79 Å². The highest BCUT2D eigenvalue weighted by molar-refractivity contribution is 7.99. The van der Waals surface area contributed by atoms with Gasteiger partial charge in [0.2, 0.25) is 11.8 Å². The predicted molar refractivity (Wildman–Crippen MR) is 69.4 cm³/mol. The van der Waals surface area contributed by atoms with Gasteiger partial charge in [-0.05, 0) is 6.42 Å². The number of rotatable bonds is 7. The number of imide groups is 1. The third-order valence-corrected chi connectivity index (χ3v) is 2.84. The first-order chi connectivity index (χ1) is 9.15. The van der Waals surface area contributed by atoms with Gasteiger partial charge < -0.3 is 15.5 Å². The molecule has 0 aliphatic carbocycles. The summed E-state index contributed by atoms with van der Waals surface area (Å²) in [5, 5.41) is 12.4. The molecule has 1 rings (SSSR count). The average Bonchev–Trinajstić information content (AvgIpc) is 2.84. The maximum Gasteiger partial charge on any atom is 0.321 e. The van der Waals surface area contributed by atoms with Crippen LogP contribution in [0.1, 0.15) is 25.7 Å². The number of nitrogens with zero attached hydrogens (tertiary/aromatic N) is 2. The maximum absolute atomic E-state index is 11.4. The molecule has 19 heavy (non-hydrogen) atoms. The lowest BCUT2D eigenvalue weighted by Gasteiger charge is -2.04. The fourth-order valence-electron chi connectivity index (χ4n) is 1.09. The number of aromatic nitrogens is 2. The van der Waals surface area contributed by atoms with Crippen molar-refractivity contribution in [3.8, 4) is 0 Å². The SMILES string of the molecule is CCCCNC(=O)NC(=O)CSc1nnc(CN)o1. The summed E-state index contributed by atoms with van der Waals surface area (Å²) in [6.07, 6.45) is 1.85. The molecule has 0 aliphatic heterocycles. The first-order valence-electron chi connectivity index (χ1n) is 5.88. The Morgan fingerprint density at radius 2 is 2.21 bits per heavy atom. The largest absolute Gasteiger partial charge is 0.415 e. The molecule has 8 nitrogen and oxygen atoms in total. The van der Waals surface area contributed by atoms with Gasteiger partial charge in [-0.3, -0.25) is 10.1 Å². The van der Waals surface area contributed by atoms with E-state index in [9.17, 15) is 9.59 Å². The highest BCUT2D eigenvalue weighted by Gasteiger charge is 2.11. The van der Waals surface area contributed by atoms with Crippen LogP contribution in [0.5, 0.6) is 0 Å². The summed E-state index contributed by atoms with van der Waals surface area (Å²) >= 11 is 1.05. The third-order valence-electron chi connectivity index (χ3n) is 2.02. The zero-order chi connectivity index (χ0) is 14.1. The van der Waals surface area contributed by atoms with Gasteiger partial charge in [0.1, 0.15) is 0 Å². The molecular weight excluding hydrogens is 270 g/mol. The smallest absolute Gasteiger partial charge is 0.321 e. The van der Waals surface area contributed by atoms with Gasteiger partial charge in [-0.1, -0.05) is 25.1 Å². The Labute approximate surface area is 114 Å². The van der Waals surface area contributed by atoms with Crippen molar-refractivity contribution in [3.63, 3.8) is 0 Å². The number of hydrogen-bond donors (Lipinski definition) is 3. The molecule has 0 fully saturated rings. The standard InChI is InChI=1S/C10H17N5O3S/c1-2-3-4-12-9(17)13-7(16)6-19-10-15-14-8(5-11)18-10/h2-6,11H2,1H3,(H2,12,13,16,17). The molecule has 4 N–H and O–H groups in total. The van der Waals surface area contributed by atoms with Crippen LogP contribution in [0.2, 0.25) is 0 Å². The van der Waals surface area contributed by atoms with E-state index in [0.29, 0.717) is 12.4 Å². The monoisotopic (exact) mass is 287 g/mol. The summed E-state index contributed by atoms with van der Waals surface area (Å²) in [7, 11) is 0. The van der Waals surface area contributed by atoms with E-state index in [1.165, 1.54) is 0 Å². The molecule has 106 valence electrons. The second-order valence-corrected chi connectivity index (χ2v) is 4.54. The average molecular weight is 287 g/mol. The summed E-state index contributed by atoms with van der Waals surface area (Å²) in [6.45, 7) is 2.72. The van der Waals surface area contributed by atoms with Crippen molar-refractivity contribution in [3.05, 3.63) is 5.89 Å². The van der Waals surface area contributed by atoms with Gasteiger partial charge in [-0.15, -0.1) is 10.2 Å². The number of carbonyl (C=O) groups excluding carboxylic acids is 2. The van der Waals surface area contributed by atoms with Gasteiger partial charge in [0.05, 0.1) is 12.3 Å². The van der Waals surface area contributed by atoms with Crippen LogP contribution in [-0.2, 0) is 11.3 Å². The lowest BCUT2D eigenvalue weighted by Crippen LogP contribution is -2.40. The van der Waals surface area contributed by atoms with E-state index in [1.54, 1.807) is 0 Å². The maximum atomic E-state index is 11.4. The van der Waals surface area contributed by atoms with E-state index in [0.717, 1.165) is 24.6 Å². The molecule has 0 atom stereocenters. The molecular formula is C10H17N5O3S. The number of carbonyl (C=O) groups is 2. The van der Waals surface area contributed by atoms with Crippen LogP contribution in [-0.4, -0.2) is 34.4 Å². The van der Waals surface area contributed by atoms with Gasteiger partial charge in [0, 0.05) is 6.54 Å². The molecule has 9 heteroatoms. The Morgan fingerprint density at radius 3 is 2.84 bits per heavy atom. The fraction of sp³-hybridized carbons (Fsp3) is 0.600. The molecule has 0 aliphatic rings. The lowest BCUT2D eigenvalue weighted by atomic mass is 10.3. The van der Waals surface area contributed by atoms with Crippen molar-refractivity contribution in [1.82, 2.24) is 20.8 Å². The van der Waals surface area contributed by atoms with E-state index in [4.69, 9.17) is 10.2 Å². The Kier molecular flexibility index (Phi) is 6.90. The van der Waals surface area contributed by atoms with E-state index < -0.39 is 11.9 Å². The number of amides is 3. The summed E-state index contributed by atoms with van der Waals surface area (Å²) in [5.74, 6) is -0.0976. The molecule has 1 aromatic heterocycles. The first-order valence-corrected chi connectivity index (χ1v) is 6.87. The summed E-state index contributed by atoms with van der Waals surface area (Å²) in [4.78, 5) is 22.7. The van der Waals surface area contributed by atoms with E-state index in [2.05, 4.69) is 20.8 Å². The number of unbranched alkanes of at least 4 members (excludes halogenated alkanes) is 1. The van der Waals surface area contributed by atoms with Crippen molar-refractivity contribution >= 4 is 23.7 Å². The molecule has 0 saturated carbocycles. The molecule has 1 aromatic rings. The molecule has 3 amide bonds. The van der Waals surface area contributed by atoms with Crippen LogP contribution < -0.4 is 16.4 Å². The number of nitrogens with two attached hydrogens (primary N) is 1. The van der Waals surface area contributed by atoms with Gasteiger partial charge >= 0.3 is 6.03 Å². The summed E-state index contributed by atoms with van der Waals surface area (Å²) in [5.41, 5.74) is 5.31. The van der Waals surface area contributed by atoms with Crippen molar-refractivity contribution in [2.75, 3.05) is 12.3 Å². The Balaban J connectivity index is 2.22. The number of thioether (sulfide) groups is 1. The molecule has 0 aromatic carbocycles. The summed E-state index contributed by atoms with van der Waals surface area (Å²) < 4.78 is 5.10. The topological polar surface area (TPSA) is 123 Å². The third kappa shape index (κ3) is 6.20. The first kappa shape index (κ1) is 15.4. The van der Waals surface area contributed by atoms with E-state index >= 15 is 0 Å². The number of urea groups is 1. The molecule has 0 unspecified atom stereocenters. The van der Waals surface area contributed by atoms with Crippen LogP contribution in [0, 0.1) is 0 Å². The fourth-order valence-corrected chi connectivity index (χ4v) is 1.67. The molecule has 0 saturated heterocycles. The summed E-state index contributed by atoms with van der Waals surface area (Å²) in [6, 6.07) is -0.493. The Morgan fingerprint density at radius 1 is 1.42 bits per heavy atom. The van der Waals surface area contributed by atoms with Gasteiger partial charge in [-0.2, -0.15) is 0 Å². The number of hydrogen-bond acceptors (Lipinski definition) is 7. The number of nitrogens with one attached hydrogen (secondary N) is 2. The molecule has 0 spiro atoms. The minimum Gasteiger partial charge on any atom is -0.415 e. The van der Waals surface area contributed by atoms with E-state index in [1.807, 2.05) is 6.92 Å². The minimum absolute atomic E-state index is 0.0212. The Bertz CT molecular complexity index is 423. The van der Waals surface area contributed by atoms with Crippen molar-refractivity contribution < 1.29 is 14.0 Å². The van der Waals surface area contributed by atoms with Crippen LogP contribution >= 0.6 is 11.8 Å².